The summed E-state index contributed by atoms with van der Waals surface area (Å²) in [5.74, 6) is -0.431. The minimum absolute atomic E-state index is 0.0823. The number of nitrogens with zero attached hydrogens (tertiary/aromatic N) is 2. The van der Waals surface area contributed by atoms with E-state index in [-0.39, 0.29) is 28.0 Å². The van der Waals surface area contributed by atoms with Crippen molar-refractivity contribution in [2.24, 2.45) is 0 Å². The summed E-state index contributed by atoms with van der Waals surface area (Å²) >= 11 is 0. The Balaban J connectivity index is 2.05. The normalized spacial score (nSPS) is 13.0. The highest BCUT2D eigenvalue weighted by Crippen LogP contribution is 2.48. The lowest BCUT2D eigenvalue weighted by Crippen LogP contribution is -2.27. The van der Waals surface area contributed by atoms with Gasteiger partial charge in [-0.15, -0.1) is 0 Å². The number of rotatable bonds is 3. The molecule has 0 amide bonds. The largest absolute Gasteiger partial charge is 0.497 e. The van der Waals surface area contributed by atoms with Crippen molar-refractivity contribution in [3.05, 3.63) is 76.9 Å². The van der Waals surface area contributed by atoms with E-state index in [1.54, 1.807) is 69.3 Å². The predicted molar refractivity (Wildman–Crippen MR) is 122 cm³/mol. The lowest BCUT2D eigenvalue weighted by molar-refractivity contribution is 0.0528. The van der Waals surface area contributed by atoms with Gasteiger partial charge in [0.2, 0.25) is 11.7 Å². The van der Waals surface area contributed by atoms with E-state index in [0.717, 1.165) is 4.57 Å². The molecule has 1 N–H and O–H groups in total. The van der Waals surface area contributed by atoms with Crippen LogP contribution in [0.5, 0.6) is 11.6 Å². The number of allylic oxidation sites excluding steroid dienone is 1. The summed E-state index contributed by atoms with van der Waals surface area (Å²) in [7, 11) is 1.53. The van der Waals surface area contributed by atoms with E-state index >= 15 is 0 Å². The van der Waals surface area contributed by atoms with Gasteiger partial charge in [0.1, 0.15) is 23.0 Å². The van der Waals surface area contributed by atoms with Gasteiger partial charge in [-0.25, -0.2) is 9.36 Å². The number of aromatic hydroxyl groups is 1. The number of ether oxygens (including phenoxy) is 2. The minimum atomic E-state index is -0.838. The summed E-state index contributed by atoms with van der Waals surface area (Å²) in [6.45, 7) is 5.13. The van der Waals surface area contributed by atoms with Crippen molar-refractivity contribution in [1.29, 1.82) is 5.26 Å². The van der Waals surface area contributed by atoms with E-state index in [1.165, 1.54) is 7.11 Å². The van der Waals surface area contributed by atoms with Crippen molar-refractivity contribution in [3.8, 4) is 29.0 Å². The number of methoxy groups -OCH3 is 1. The Morgan fingerprint density at radius 2 is 1.64 bits per heavy atom. The number of benzene rings is 2. The van der Waals surface area contributed by atoms with Crippen LogP contribution in [0.2, 0.25) is 0 Å². The second-order valence-electron chi connectivity index (χ2n) is 8.52. The smallest absolute Gasteiger partial charge is 0.421 e. The third-order valence-electron chi connectivity index (χ3n) is 5.21. The summed E-state index contributed by atoms with van der Waals surface area (Å²) in [5.41, 5.74) is 0.800. The third kappa shape index (κ3) is 3.66. The van der Waals surface area contributed by atoms with Gasteiger partial charge in [0.05, 0.1) is 23.9 Å². The molecule has 1 aliphatic carbocycles. The molecule has 0 bridgehead atoms. The molecule has 1 aromatic heterocycles. The number of aromatic nitrogens is 1. The van der Waals surface area contributed by atoms with Gasteiger partial charge < -0.3 is 14.6 Å². The lowest BCUT2D eigenvalue weighted by Gasteiger charge is -2.21. The topological polar surface area (TPSA) is 102 Å². The SMILES string of the molecule is COc1ccc(-c2c3c(c(O)n2C(=O)OC(C)(C)C)C(c2ccccc2)=C(C#N)C3=O)cc1. The maximum Gasteiger partial charge on any atom is 0.421 e. The molecule has 0 atom stereocenters. The van der Waals surface area contributed by atoms with E-state index < -0.39 is 23.4 Å². The third-order valence-corrected chi connectivity index (χ3v) is 5.21. The summed E-state index contributed by atoms with van der Waals surface area (Å²) < 4.78 is 11.7. The highest BCUT2D eigenvalue weighted by atomic mass is 16.6. The monoisotopic (exact) mass is 442 g/mol. The molecule has 0 radical (unpaired) electrons. The molecule has 0 fully saturated rings. The summed E-state index contributed by atoms with van der Waals surface area (Å²) in [6.07, 6.45) is -0.834. The molecule has 1 heterocycles. The van der Waals surface area contributed by atoms with Gasteiger partial charge in [-0.3, -0.25) is 4.79 Å². The van der Waals surface area contributed by atoms with Gasteiger partial charge in [0.15, 0.2) is 0 Å². The first-order valence-corrected chi connectivity index (χ1v) is 10.3. The number of carbonyl (C=O) groups excluding carboxylic acids is 2. The van der Waals surface area contributed by atoms with Crippen LogP contribution in [0.15, 0.2) is 60.2 Å². The Hall–Kier alpha value is -4.31. The van der Waals surface area contributed by atoms with E-state index in [1.807, 2.05) is 12.1 Å². The van der Waals surface area contributed by atoms with Crippen LogP contribution in [-0.4, -0.2) is 34.3 Å². The Morgan fingerprint density at radius 3 is 2.18 bits per heavy atom. The van der Waals surface area contributed by atoms with Crippen LogP contribution in [-0.2, 0) is 4.74 Å². The summed E-state index contributed by atoms with van der Waals surface area (Å²) in [5, 5.41) is 21.0. The number of hydrogen-bond acceptors (Lipinski definition) is 6. The molecular weight excluding hydrogens is 420 g/mol. The quantitative estimate of drug-likeness (QED) is 0.600. The Bertz CT molecular complexity index is 1330. The summed E-state index contributed by atoms with van der Waals surface area (Å²) in [6, 6.07) is 17.5. The van der Waals surface area contributed by atoms with Crippen LogP contribution in [0.1, 0.15) is 42.3 Å². The van der Waals surface area contributed by atoms with Crippen molar-refractivity contribution in [3.63, 3.8) is 0 Å². The molecular formula is C26H22N2O5. The molecule has 7 nitrogen and oxygen atoms in total. The molecule has 166 valence electrons. The second kappa shape index (κ2) is 7.99. The fraction of sp³-hybridized carbons (Fsp3) is 0.192. The molecule has 1 aliphatic rings. The molecule has 33 heavy (non-hydrogen) atoms. The van der Waals surface area contributed by atoms with Crippen LogP contribution in [0.4, 0.5) is 4.79 Å². The zero-order chi connectivity index (χ0) is 23.9. The van der Waals surface area contributed by atoms with Crippen molar-refractivity contribution in [2.75, 3.05) is 7.11 Å². The standard InChI is InChI=1S/C26H22N2O5/c1-26(2,3)33-25(31)28-22(16-10-12-17(32-4)13-11-16)21-20(24(28)30)19(18(14-27)23(21)29)15-8-6-5-7-9-15/h5-13,30H,1-4H3. The maximum absolute atomic E-state index is 13.4. The fourth-order valence-electron chi connectivity index (χ4n) is 3.89. The molecule has 0 spiro atoms. The Morgan fingerprint density at radius 1 is 1.00 bits per heavy atom. The van der Waals surface area contributed by atoms with Crippen LogP contribution in [0.3, 0.4) is 0 Å². The number of nitriles is 1. The van der Waals surface area contributed by atoms with E-state index in [4.69, 9.17) is 9.47 Å². The molecule has 0 unspecified atom stereocenters. The average Bonchev–Trinajstić information content (AvgIpc) is 3.25. The Kier molecular flexibility index (Phi) is 5.30. The van der Waals surface area contributed by atoms with Crippen molar-refractivity contribution >= 4 is 17.4 Å². The fourth-order valence-corrected chi connectivity index (χ4v) is 3.89. The van der Waals surface area contributed by atoms with Crippen molar-refractivity contribution < 1.29 is 24.2 Å². The molecule has 0 aliphatic heterocycles. The zero-order valence-corrected chi connectivity index (χ0v) is 18.7. The van der Waals surface area contributed by atoms with Gasteiger partial charge in [-0.1, -0.05) is 30.3 Å². The van der Waals surface area contributed by atoms with Gasteiger partial charge in [-0.2, -0.15) is 5.26 Å². The second-order valence-corrected chi connectivity index (χ2v) is 8.52. The van der Waals surface area contributed by atoms with Crippen LogP contribution >= 0.6 is 0 Å². The zero-order valence-electron chi connectivity index (χ0n) is 18.7. The first kappa shape index (κ1) is 21.9. The number of ketones is 1. The first-order chi connectivity index (χ1) is 15.7. The molecule has 2 aromatic carbocycles. The van der Waals surface area contributed by atoms with Crippen molar-refractivity contribution in [2.45, 2.75) is 26.4 Å². The van der Waals surface area contributed by atoms with E-state index in [0.29, 0.717) is 16.9 Å². The van der Waals surface area contributed by atoms with Crippen molar-refractivity contribution in [1.82, 2.24) is 4.57 Å². The minimum Gasteiger partial charge on any atom is -0.497 e. The average molecular weight is 442 g/mol. The highest BCUT2D eigenvalue weighted by Gasteiger charge is 2.41. The number of fused-ring (bicyclic) bond motifs is 1. The Labute approximate surface area is 191 Å². The summed E-state index contributed by atoms with van der Waals surface area (Å²) in [4.78, 5) is 26.6. The first-order valence-electron chi connectivity index (χ1n) is 10.3. The number of hydrogen-bond donors (Lipinski definition) is 1. The maximum atomic E-state index is 13.4. The predicted octanol–water partition coefficient (Wildman–Crippen LogP) is 5.17. The number of Topliss-reactive ketones (excluding diaryl/α,β-unsaturated/α-hetero) is 1. The molecule has 0 saturated carbocycles. The van der Waals surface area contributed by atoms with Gasteiger partial charge in [-0.05, 0) is 56.2 Å². The molecule has 0 saturated heterocycles. The van der Waals surface area contributed by atoms with Gasteiger partial charge in [0.25, 0.3) is 0 Å². The van der Waals surface area contributed by atoms with Gasteiger partial charge >= 0.3 is 6.09 Å². The molecule has 3 aromatic rings. The molecule has 4 rings (SSSR count). The van der Waals surface area contributed by atoms with Crippen LogP contribution in [0, 0.1) is 11.3 Å². The van der Waals surface area contributed by atoms with Crippen LogP contribution in [0.25, 0.3) is 16.8 Å². The highest BCUT2D eigenvalue weighted by molar-refractivity contribution is 6.28. The lowest BCUT2D eigenvalue weighted by atomic mass is 9.99. The van der Waals surface area contributed by atoms with Gasteiger partial charge in [0, 0.05) is 5.57 Å². The number of carbonyl (C=O) groups is 2. The van der Waals surface area contributed by atoms with E-state index in [9.17, 15) is 20.0 Å². The van der Waals surface area contributed by atoms with Crippen LogP contribution < -0.4 is 4.74 Å². The molecule has 7 heteroatoms. The van der Waals surface area contributed by atoms with E-state index in [2.05, 4.69) is 0 Å².